The van der Waals surface area contributed by atoms with Crippen LogP contribution in [0.5, 0.6) is 0 Å². The van der Waals surface area contributed by atoms with E-state index in [9.17, 15) is 9.18 Å². The number of carbonyl (C=O) groups excluding carboxylic acids is 1. The number of hydrogen-bond donors (Lipinski definition) is 1. The van der Waals surface area contributed by atoms with E-state index in [1.165, 1.54) is 24.2 Å². The maximum absolute atomic E-state index is 13.5. The number of amides is 1. The predicted molar refractivity (Wildman–Crippen MR) is 91.7 cm³/mol. The zero-order valence-electron chi connectivity index (χ0n) is 12.7. The molecule has 5 nitrogen and oxygen atoms in total. The highest BCUT2D eigenvalue weighted by atomic mass is 32.2. The molecule has 0 saturated carbocycles. The standard InChI is InChI=1S/C17H15FN4OS/c18-15-3-1-2-4-16(15)24-10-9-17(23)21-13-5-7-14(8-6-13)22-12-19-11-20-22/h1-8,11-12H,9-10H2,(H,21,23). The molecule has 2 aromatic carbocycles. The van der Waals surface area contributed by atoms with Crippen molar-refractivity contribution >= 4 is 23.4 Å². The zero-order valence-corrected chi connectivity index (χ0v) is 13.5. The van der Waals surface area contributed by atoms with E-state index in [-0.39, 0.29) is 11.7 Å². The number of thioether (sulfide) groups is 1. The van der Waals surface area contributed by atoms with E-state index in [1.54, 1.807) is 41.3 Å². The number of nitrogens with zero attached hydrogens (tertiary/aromatic N) is 3. The molecule has 0 unspecified atom stereocenters. The normalized spacial score (nSPS) is 10.5. The minimum Gasteiger partial charge on any atom is -0.326 e. The first-order chi connectivity index (χ1) is 11.7. The highest BCUT2D eigenvalue weighted by molar-refractivity contribution is 7.99. The lowest BCUT2D eigenvalue weighted by atomic mass is 10.2. The Morgan fingerprint density at radius 1 is 1.17 bits per heavy atom. The second kappa shape index (κ2) is 7.74. The van der Waals surface area contributed by atoms with Crippen LogP contribution >= 0.6 is 11.8 Å². The molecule has 0 spiro atoms. The first-order valence-electron chi connectivity index (χ1n) is 7.34. The number of rotatable bonds is 6. The molecular formula is C17H15FN4OS. The summed E-state index contributed by atoms with van der Waals surface area (Å²) < 4.78 is 15.1. The Morgan fingerprint density at radius 3 is 2.67 bits per heavy atom. The van der Waals surface area contributed by atoms with Crippen LogP contribution in [0.4, 0.5) is 10.1 Å². The summed E-state index contributed by atoms with van der Waals surface area (Å²) >= 11 is 1.33. The van der Waals surface area contributed by atoms with Gasteiger partial charge in [-0.15, -0.1) is 11.8 Å². The minimum absolute atomic E-state index is 0.104. The maximum atomic E-state index is 13.5. The smallest absolute Gasteiger partial charge is 0.225 e. The largest absolute Gasteiger partial charge is 0.326 e. The van der Waals surface area contributed by atoms with Gasteiger partial charge in [0.05, 0.1) is 5.69 Å². The Hall–Kier alpha value is -2.67. The number of nitrogens with one attached hydrogen (secondary N) is 1. The van der Waals surface area contributed by atoms with Crippen molar-refractivity contribution in [2.24, 2.45) is 0 Å². The summed E-state index contributed by atoms with van der Waals surface area (Å²) in [6.07, 6.45) is 3.38. The monoisotopic (exact) mass is 342 g/mol. The Kier molecular flexibility index (Phi) is 5.22. The van der Waals surface area contributed by atoms with E-state index in [0.29, 0.717) is 22.8 Å². The molecule has 0 bridgehead atoms. The van der Waals surface area contributed by atoms with E-state index in [1.807, 2.05) is 12.1 Å². The van der Waals surface area contributed by atoms with Crippen molar-refractivity contribution in [3.63, 3.8) is 0 Å². The predicted octanol–water partition coefficient (Wildman–Crippen LogP) is 3.53. The van der Waals surface area contributed by atoms with Gasteiger partial charge in [0.2, 0.25) is 5.91 Å². The third kappa shape index (κ3) is 4.20. The Labute approximate surface area is 142 Å². The Morgan fingerprint density at radius 2 is 1.96 bits per heavy atom. The molecule has 3 aromatic rings. The van der Waals surface area contributed by atoms with Crippen LogP contribution in [0.25, 0.3) is 5.69 Å². The number of anilines is 1. The molecule has 0 radical (unpaired) electrons. The van der Waals surface area contributed by atoms with Gasteiger partial charge in [-0.3, -0.25) is 4.79 Å². The Balaban J connectivity index is 1.49. The molecule has 7 heteroatoms. The lowest BCUT2D eigenvalue weighted by Crippen LogP contribution is -2.12. The van der Waals surface area contributed by atoms with Gasteiger partial charge in [0.1, 0.15) is 18.5 Å². The lowest BCUT2D eigenvalue weighted by molar-refractivity contribution is -0.115. The van der Waals surface area contributed by atoms with Gasteiger partial charge in [-0.05, 0) is 36.4 Å². The molecule has 1 N–H and O–H groups in total. The van der Waals surface area contributed by atoms with Crippen LogP contribution in [0.3, 0.4) is 0 Å². The first-order valence-corrected chi connectivity index (χ1v) is 8.33. The van der Waals surface area contributed by atoms with Gasteiger partial charge in [-0.1, -0.05) is 12.1 Å². The molecule has 0 aliphatic carbocycles. The summed E-state index contributed by atoms with van der Waals surface area (Å²) in [6.45, 7) is 0. The number of carbonyl (C=O) groups is 1. The van der Waals surface area contributed by atoms with Crippen LogP contribution in [0.1, 0.15) is 6.42 Å². The van der Waals surface area contributed by atoms with Gasteiger partial charge in [0.15, 0.2) is 0 Å². The first kappa shape index (κ1) is 16.2. The van der Waals surface area contributed by atoms with E-state index < -0.39 is 0 Å². The minimum atomic E-state index is -0.258. The maximum Gasteiger partial charge on any atom is 0.225 e. The molecule has 1 aromatic heterocycles. The van der Waals surface area contributed by atoms with Gasteiger partial charge in [0, 0.05) is 22.8 Å². The van der Waals surface area contributed by atoms with Crippen molar-refractivity contribution < 1.29 is 9.18 Å². The van der Waals surface area contributed by atoms with Crippen LogP contribution in [-0.4, -0.2) is 26.4 Å². The van der Waals surface area contributed by atoms with Crippen molar-refractivity contribution in [1.29, 1.82) is 0 Å². The van der Waals surface area contributed by atoms with Gasteiger partial charge in [-0.25, -0.2) is 14.1 Å². The third-order valence-electron chi connectivity index (χ3n) is 3.26. The molecule has 0 aliphatic heterocycles. The molecule has 0 saturated heterocycles. The van der Waals surface area contributed by atoms with Crippen molar-refractivity contribution in [2.45, 2.75) is 11.3 Å². The highest BCUT2D eigenvalue weighted by Crippen LogP contribution is 2.22. The highest BCUT2D eigenvalue weighted by Gasteiger charge is 2.06. The van der Waals surface area contributed by atoms with E-state index in [4.69, 9.17) is 0 Å². The van der Waals surface area contributed by atoms with Crippen molar-refractivity contribution in [1.82, 2.24) is 14.8 Å². The third-order valence-corrected chi connectivity index (χ3v) is 4.31. The molecule has 0 fully saturated rings. The second-order valence-corrected chi connectivity index (χ2v) is 6.10. The summed E-state index contributed by atoms with van der Waals surface area (Å²) in [5.74, 6) is 0.156. The lowest BCUT2D eigenvalue weighted by Gasteiger charge is -2.07. The van der Waals surface area contributed by atoms with Gasteiger partial charge in [0.25, 0.3) is 0 Å². The average Bonchev–Trinajstić information content (AvgIpc) is 3.12. The topological polar surface area (TPSA) is 59.8 Å². The van der Waals surface area contributed by atoms with Gasteiger partial charge < -0.3 is 5.32 Å². The van der Waals surface area contributed by atoms with Gasteiger partial charge >= 0.3 is 0 Å². The number of halogens is 1. The molecular weight excluding hydrogens is 327 g/mol. The summed E-state index contributed by atoms with van der Waals surface area (Å²) in [5.41, 5.74) is 1.57. The molecule has 3 rings (SSSR count). The Bertz CT molecular complexity index is 806. The fourth-order valence-electron chi connectivity index (χ4n) is 2.08. The van der Waals surface area contributed by atoms with E-state index >= 15 is 0 Å². The van der Waals surface area contributed by atoms with E-state index in [0.717, 1.165) is 5.69 Å². The quantitative estimate of drug-likeness (QED) is 0.696. The van der Waals surface area contributed by atoms with Crippen LogP contribution in [0, 0.1) is 5.82 Å². The number of hydrogen-bond acceptors (Lipinski definition) is 4. The summed E-state index contributed by atoms with van der Waals surface area (Å²) in [7, 11) is 0. The van der Waals surface area contributed by atoms with Crippen molar-refractivity contribution in [3.8, 4) is 5.69 Å². The van der Waals surface area contributed by atoms with Crippen LogP contribution in [-0.2, 0) is 4.79 Å². The number of benzene rings is 2. The van der Waals surface area contributed by atoms with Crippen LogP contribution in [0.15, 0.2) is 66.1 Å². The fourth-order valence-corrected chi connectivity index (χ4v) is 2.97. The molecule has 0 aliphatic rings. The average molecular weight is 342 g/mol. The zero-order chi connectivity index (χ0) is 16.8. The summed E-state index contributed by atoms with van der Waals surface area (Å²) in [6, 6.07) is 13.9. The van der Waals surface area contributed by atoms with Crippen molar-refractivity contribution in [3.05, 3.63) is 67.0 Å². The van der Waals surface area contributed by atoms with Crippen LogP contribution < -0.4 is 5.32 Å². The number of aromatic nitrogens is 3. The molecule has 24 heavy (non-hydrogen) atoms. The molecule has 122 valence electrons. The fraction of sp³-hybridized carbons (Fsp3) is 0.118. The molecule has 1 amide bonds. The van der Waals surface area contributed by atoms with Crippen molar-refractivity contribution in [2.75, 3.05) is 11.1 Å². The van der Waals surface area contributed by atoms with Gasteiger partial charge in [-0.2, -0.15) is 5.10 Å². The van der Waals surface area contributed by atoms with Crippen LogP contribution in [0.2, 0.25) is 0 Å². The second-order valence-electron chi connectivity index (χ2n) is 4.96. The van der Waals surface area contributed by atoms with E-state index in [2.05, 4.69) is 15.4 Å². The summed E-state index contributed by atoms with van der Waals surface area (Å²) in [4.78, 5) is 16.4. The SMILES string of the molecule is O=C(CCSc1ccccc1F)Nc1ccc(-n2cncn2)cc1. The molecule has 1 heterocycles. The summed E-state index contributed by atoms with van der Waals surface area (Å²) in [5, 5.41) is 6.86. The molecule has 0 atom stereocenters.